The lowest BCUT2D eigenvalue weighted by molar-refractivity contribution is 0.474. The Kier molecular flexibility index (Phi) is 4.30. The molecule has 3 rings (SSSR count). The Hall–Kier alpha value is -2.40. The van der Waals surface area contributed by atoms with Crippen molar-refractivity contribution in [2.45, 2.75) is 13.8 Å². The molecule has 23 heavy (non-hydrogen) atoms. The largest absolute Gasteiger partial charge is 0.507 e. The summed E-state index contributed by atoms with van der Waals surface area (Å²) < 4.78 is 0.882. The maximum Gasteiger partial charge on any atom is 0.149 e. The van der Waals surface area contributed by atoms with E-state index in [4.69, 9.17) is 0 Å². The minimum absolute atomic E-state index is 0.178. The Morgan fingerprint density at radius 1 is 1.13 bits per heavy atom. The van der Waals surface area contributed by atoms with Crippen LogP contribution in [0.2, 0.25) is 0 Å². The highest BCUT2D eigenvalue weighted by Gasteiger charge is 2.03. The minimum atomic E-state index is 0.178. The first-order valence-corrected chi connectivity index (χ1v) is 7.98. The third kappa shape index (κ3) is 3.51. The quantitative estimate of drug-likeness (QED) is 0.516. The van der Waals surface area contributed by atoms with Gasteiger partial charge in [0.05, 0.1) is 11.7 Å². The predicted octanol–water partition coefficient (Wildman–Crippen LogP) is 4.77. The standard InChI is InChI=1S/C18H16BrN3O/c1-11-3-4-13-8-12(2)18(21-16(13)7-11)22-20-10-14-9-15(19)5-6-17(14)23/h3-10,23H,1-2H3,(H,21,22)/b20-10+. The number of aromatic nitrogens is 1. The molecular formula is C18H16BrN3O. The number of nitrogens with zero attached hydrogens (tertiary/aromatic N) is 2. The van der Waals surface area contributed by atoms with Gasteiger partial charge >= 0.3 is 0 Å². The molecular weight excluding hydrogens is 354 g/mol. The lowest BCUT2D eigenvalue weighted by Gasteiger charge is -2.07. The van der Waals surface area contributed by atoms with E-state index in [2.05, 4.69) is 49.6 Å². The summed E-state index contributed by atoms with van der Waals surface area (Å²) in [7, 11) is 0. The molecule has 5 heteroatoms. The summed E-state index contributed by atoms with van der Waals surface area (Å²) in [4.78, 5) is 4.61. The molecule has 0 saturated heterocycles. The van der Waals surface area contributed by atoms with Gasteiger partial charge in [0.2, 0.25) is 0 Å². The molecule has 0 amide bonds. The molecule has 0 spiro atoms. The van der Waals surface area contributed by atoms with Gasteiger partial charge in [-0.25, -0.2) is 4.98 Å². The van der Waals surface area contributed by atoms with Gasteiger partial charge in [0.1, 0.15) is 11.6 Å². The van der Waals surface area contributed by atoms with Crippen LogP contribution in [0.5, 0.6) is 5.75 Å². The Bertz CT molecular complexity index is 906. The Balaban J connectivity index is 1.87. The van der Waals surface area contributed by atoms with Gasteiger partial charge in [-0.2, -0.15) is 5.10 Å². The average Bonchev–Trinajstić information content (AvgIpc) is 2.51. The molecule has 0 aliphatic heterocycles. The first-order chi connectivity index (χ1) is 11.0. The van der Waals surface area contributed by atoms with E-state index in [0.29, 0.717) is 11.4 Å². The zero-order valence-electron chi connectivity index (χ0n) is 12.8. The molecule has 3 aromatic rings. The molecule has 0 aliphatic carbocycles. The van der Waals surface area contributed by atoms with E-state index in [1.165, 1.54) is 5.56 Å². The monoisotopic (exact) mass is 369 g/mol. The van der Waals surface area contributed by atoms with Gasteiger partial charge in [0.15, 0.2) is 0 Å². The van der Waals surface area contributed by atoms with E-state index in [9.17, 15) is 5.11 Å². The van der Waals surface area contributed by atoms with E-state index in [-0.39, 0.29) is 5.75 Å². The van der Waals surface area contributed by atoms with Crippen molar-refractivity contribution in [3.63, 3.8) is 0 Å². The van der Waals surface area contributed by atoms with Crippen molar-refractivity contribution in [2.24, 2.45) is 5.10 Å². The van der Waals surface area contributed by atoms with E-state index in [1.54, 1.807) is 24.4 Å². The summed E-state index contributed by atoms with van der Waals surface area (Å²) in [5.41, 5.74) is 6.69. The zero-order valence-corrected chi connectivity index (χ0v) is 14.4. The van der Waals surface area contributed by atoms with Crippen molar-refractivity contribution >= 4 is 38.9 Å². The summed E-state index contributed by atoms with van der Waals surface area (Å²) in [6.07, 6.45) is 1.57. The summed E-state index contributed by atoms with van der Waals surface area (Å²) >= 11 is 3.37. The molecule has 0 saturated carbocycles. The van der Waals surface area contributed by atoms with Gasteiger partial charge in [-0.05, 0) is 55.3 Å². The lowest BCUT2D eigenvalue weighted by atomic mass is 10.1. The summed E-state index contributed by atoms with van der Waals surface area (Å²) in [6.45, 7) is 4.03. The Labute approximate surface area is 143 Å². The van der Waals surface area contributed by atoms with Crippen LogP contribution in [0.4, 0.5) is 5.82 Å². The normalized spacial score (nSPS) is 11.3. The number of phenols is 1. The van der Waals surface area contributed by atoms with Crippen LogP contribution in [-0.4, -0.2) is 16.3 Å². The van der Waals surface area contributed by atoms with Crippen molar-refractivity contribution in [1.29, 1.82) is 0 Å². The molecule has 1 aromatic heterocycles. The molecule has 0 bridgehead atoms. The Morgan fingerprint density at radius 2 is 1.96 bits per heavy atom. The fourth-order valence-electron chi connectivity index (χ4n) is 2.29. The molecule has 0 fully saturated rings. The summed E-state index contributed by atoms with van der Waals surface area (Å²) in [6, 6.07) is 13.5. The van der Waals surface area contributed by atoms with E-state index in [1.807, 2.05) is 19.9 Å². The van der Waals surface area contributed by atoms with Crippen LogP contribution < -0.4 is 5.43 Å². The smallest absolute Gasteiger partial charge is 0.149 e. The van der Waals surface area contributed by atoms with Crippen molar-refractivity contribution in [2.75, 3.05) is 5.43 Å². The minimum Gasteiger partial charge on any atom is -0.507 e. The van der Waals surface area contributed by atoms with Crippen LogP contribution in [0.25, 0.3) is 10.9 Å². The second kappa shape index (κ2) is 6.38. The fourth-order valence-corrected chi connectivity index (χ4v) is 2.67. The number of hydrogen-bond acceptors (Lipinski definition) is 4. The van der Waals surface area contributed by atoms with Gasteiger partial charge in [-0.3, -0.25) is 5.43 Å². The van der Waals surface area contributed by atoms with Crippen LogP contribution in [0.15, 0.2) is 52.0 Å². The van der Waals surface area contributed by atoms with Crippen LogP contribution in [0.3, 0.4) is 0 Å². The highest BCUT2D eigenvalue weighted by molar-refractivity contribution is 9.10. The lowest BCUT2D eigenvalue weighted by Crippen LogP contribution is -1.97. The first-order valence-electron chi connectivity index (χ1n) is 7.18. The van der Waals surface area contributed by atoms with Gasteiger partial charge < -0.3 is 5.11 Å². The summed E-state index contributed by atoms with van der Waals surface area (Å²) in [5, 5.41) is 15.1. The van der Waals surface area contributed by atoms with Crippen molar-refractivity contribution < 1.29 is 5.11 Å². The number of phenolic OH excluding ortho intramolecular Hbond substituents is 1. The SMILES string of the molecule is Cc1ccc2cc(C)c(N/N=C/c3cc(Br)ccc3O)nc2c1. The van der Waals surface area contributed by atoms with Crippen LogP contribution in [0.1, 0.15) is 16.7 Å². The Morgan fingerprint density at radius 3 is 2.78 bits per heavy atom. The first kappa shape index (κ1) is 15.5. The van der Waals surface area contributed by atoms with Crippen molar-refractivity contribution in [3.8, 4) is 5.75 Å². The number of hydrogen-bond donors (Lipinski definition) is 2. The van der Waals surface area contributed by atoms with Gasteiger partial charge in [-0.15, -0.1) is 0 Å². The second-order valence-corrected chi connectivity index (χ2v) is 6.34. The number of fused-ring (bicyclic) bond motifs is 1. The van der Waals surface area contributed by atoms with E-state index >= 15 is 0 Å². The number of anilines is 1. The summed E-state index contributed by atoms with van der Waals surface area (Å²) in [5.74, 6) is 0.881. The number of benzene rings is 2. The molecule has 116 valence electrons. The van der Waals surface area contributed by atoms with Crippen LogP contribution >= 0.6 is 15.9 Å². The van der Waals surface area contributed by atoms with Crippen molar-refractivity contribution in [3.05, 3.63) is 63.6 Å². The average molecular weight is 370 g/mol. The molecule has 0 aliphatic rings. The molecule has 1 heterocycles. The number of nitrogens with one attached hydrogen (secondary N) is 1. The number of hydrazone groups is 1. The molecule has 4 nitrogen and oxygen atoms in total. The second-order valence-electron chi connectivity index (χ2n) is 5.42. The van der Waals surface area contributed by atoms with E-state index in [0.717, 1.165) is 20.9 Å². The number of aryl methyl sites for hydroxylation is 2. The molecule has 2 aromatic carbocycles. The topological polar surface area (TPSA) is 57.5 Å². The van der Waals surface area contributed by atoms with Crippen molar-refractivity contribution in [1.82, 2.24) is 4.98 Å². The third-order valence-electron chi connectivity index (χ3n) is 3.53. The van der Waals surface area contributed by atoms with Crippen LogP contribution in [-0.2, 0) is 0 Å². The van der Waals surface area contributed by atoms with Crippen LogP contribution in [0, 0.1) is 13.8 Å². The van der Waals surface area contributed by atoms with Gasteiger partial charge in [0.25, 0.3) is 0 Å². The highest BCUT2D eigenvalue weighted by Crippen LogP contribution is 2.22. The molecule has 0 atom stereocenters. The number of pyridine rings is 1. The molecule has 0 unspecified atom stereocenters. The number of aromatic hydroxyl groups is 1. The maximum atomic E-state index is 9.80. The third-order valence-corrected chi connectivity index (χ3v) is 4.02. The number of rotatable bonds is 3. The zero-order chi connectivity index (χ0) is 16.4. The van der Waals surface area contributed by atoms with Gasteiger partial charge in [0, 0.05) is 15.4 Å². The number of halogens is 1. The fraction of sp³-hybridized carbons (Fsp3) is 0.111. The van der Waals surface area contributed by atoms with E-state index < -0.39 is 0 Å². The highest BCUT2D eigenvalue weighted by atomic mass is 79.9. The molecule has 2 N–H and O–H groups in total. The molecule has 0 radical (unpaired) electrons. The predicted molar refractivity (Wildman–Crippen MR) is 98.2 cm³/mol. The van der Waals surface area contributed by atoms with Gasteiger partial charge in [-0.1, -0.05) is 28.1 Å². The maximum absolute atomic E-state index is 9.80.